The Kier molecular flexibility index (Phi) is 14.0. The fourth-order valence-corrected chi connectivity index (χ4v) is 4.33. The smallest absolute Gasteiger partial charge is 0.191 e. The molecule has 0 amide bonds. The summed E-state index contributed by atoms with van der Waals surface area (Å²) in [5.41, 5.74) is 1.16. The number of likely N-dealkylation sites (N-methyl/N-ethyl adjacent to an activating group) is 2. The van der Waals surface area contributed by atoms with Gasteiger partial charge in [-0.25, -0.2) is 0 Å². The van der Waals surface area contributed by atoms with Crippen molar-refractivity contribution in [2.45, 2.75) is 26.8 Å². The van der Waals surface area contributed by atoms with Crippen LogP contribution in [0.3, 0.4) is 0 Å². The van der Waals surface area contributed by atoms with Gasteiger partial charge in [0.05, 0.1) is 6.04 Å². The molecule has 0 radical (unpaired) electrons. The molecule has 0 aromatic heterocycles. The maximum Gasteiger partial charge on any atom is 0.191 e. The third-order valence-electron chi connectivity index (χ3n) is 5.99. The lowest BCUT2D eigenvalue weighted by Crippen LogP contribution is -2.48. The van der Waals surface area contributed by atoms with E-state index in [1.165, 1.54) is 0 Å². The molecule has 0 aliphatic carbocycles. The topological polar surface area (TPSA) is 46.1 Å². The molecular formula is C23H42ClIN6. The highest BCUT2D eigenvalue weighted by atomic mass is 127. The first-order chi connectivity index (χ1) is 14.5. The van der Waals surface area contributed by atoms with Crippen molar-refractivity contribution in [1.82, 2.24) is 25.3 Å². The van der Waals surface area contributed by atoms with E-state index in [1.54, 1.807) is 0 Å². The minimum atomic E-state index is 0. The number of hydrogen-bond donors (Lipinski definition) is 2. The maximum absolute atomic E-state index is 6.52. The average molecular weight is 565 g/mol. The van der Waals surface area contributed by atoms with Crippen molar-refractivity contribution in [1.29, 1.82) is 0 Å². The number of guanidine groups is 1. The van der Waals surface area contributed by atoms with E-state index >= 15 is 0 Å². The Labute approximate surface area is 211 Å². The molecule has 8 heteroatoms. The van der Waals surface area contributed by atoms with E-state index < -0.39 is 0 Å². The molecule has 1 fully saturated rings. The van der Waals surface area contributed by atoms with Gasteiger partial charge in [0.1, 0.15) is 0 Å². The van der Waals surface area contributed by atoms with Crippen LogP contribution in [0.2, 0.25) is 5.02 Å². The van der Waals surface area contributed by atoms with Gasteiger partial charge < -0.3 is 20.4 Å². The molecule has 2 unspecified atom stereocenters. The van der Waals surface area contributed by atoms with Gasteiger partial charge in [0.15, 0.2) is 5.96 Å². The van der Waals surface area contributed by atoms with Gasteiger partial charge in [-0.05, 0) is 37.7 Å². The van der Waals surface area contributed by atoms with Crippen LogP contribution >= 0.6 is 35.6 Å². The van der Waals surface area contributed by atoms with Crippen LogP contribution in [-0.2, 0) is 0 Å². The Bertz CT molecular complexity index is 647. The molecule has 2 atom stereocenters. The third kappa shape index (κ3) is 9.42. The lowest BCUT2D eigenvalue weighted by molar-refractivity contribution is 0.139. The minimum absolute atomic E-state index is 0. The molecule has 1 aromatic carbocycles. The summed E-state index contributed by atoms with van der Waals surface area (Å²) in [7, 11) is 4.04. The summed E-state index contributed by atoms with van der Waals surface area (Å²) < 4.78 is 0. The molecular weight excluding hydrogens is 523 g/mol. The normalized spacial score (nSPS) is 17.8. The lowest BCUT2D eigenvalue weighted by atomic mass is 10.0. The second kappa shape index (κ2) is 15.3. The quantitative estimate of drug-likeness (QED) is 0.259. The van der Waals surface area contributed by atoms with Crippen LogP contribution in [0.5, 0.6) is 0 Å². The number of hydrogen-bond acceptors (Lipinski definition) is 4. The number of rotatable bonds is 10. The lowest BCUT2D eigenvalue weighted by Gasteiger charge is -2.34. The molecule has 1 aliphatic rings. The number of piperazine rings is 1. The summed E-state index contributed by atoms with van der Waals surface area (Å²) in [5.74, 6) is 1.42. The summed E-state index contributed by atoms with van der Waals surface area (Å²) in [6.45, 7) is 16.1. The molecule has 0 bridgehead atoms. The molecule has 2 rings (SSSR count). The fourth-order valence-electron chi connectivity index (χ4n) is 4.07. The number of nitrogens with one attached hydrogen (secondary N) is 2. The molecule has 2 N–H and O–H groups in total. The van der Waals surface area contributed by atoms with Crippen LogP contribution in [0.25, 0.3) is 0 Å². The van der Waals surface area contributed by atoms with E-state index in [0.717, 1.165) is 75.4 Å². The predicted octanol–water partition coefficient (Wildman–Crippen LogP) is 3.39. The SMILES string of the molecule is CCN(CC)C(CNC(=NC)NCC(C)CN1CCN(C)CC1)c1ccccc1Cl.I. The van der Waals surface area contributed by atoms with Crippen molar-refractivity contribution in [2.24, 2.45) is 10.9 Å². The Hall–Kier alpha value is -0.610. The van der Waals surface area contributed by atoms with E-state index in [1.807, 2.05) is 19.2 Å². The highest BCUT2D eigenvalue weighted by molar-refractivity contribution is 14.0. The Morgan fingerprint density at radius 1 is 1.10 bits per heavy atom. The monoisotopic (exact) mass is 564 g/mol. The van der Waals surface area contributed by atoms with Gasteiger partial charge in [-0.2, -0.15) is 0 Å². The fraction of sp³-hybridized carbons (Fsp3) is 0.696. The minimum Gasteiger partial charge on any atom is -0.356 e. The average Bonchev–Trinajstić information content (AvgIpc) is 2.75. The molecule has 1 aliphatic heterocycles. The van der Waals surface area contributed by atoms with Crippen LogP contribution in [0, 0.1) is 5.92 Å². The zero-order valence-corrected chi connectivity index (χ0v) is 23.0. The Balaban J connectivity index is 0.00000480. The second-order valence-electron chi connectivity index (χ2n) is 8.30. The number of aliphatic imine (C=N–C) groups is 1. The standard InChI is InChI=1S/C23H41ClN6.HI/c1-6-30(7-2)22(20-10-8-9-11-21(20)24)17-27-23(25-4)26-16-19(3)18-29-14-12-28(5)13-15-29;/h8-11,19,22H,6-7,12-18H2,1-5H3,(H2,25,26,27);1H. The van der Waals surface area contributed by atoms with Crippen LogP contribution in [0.1, 0.15) is 32.4 Å². The van der Waals surface area contributed by atoms with Crippen molar-refractivity contribution in [3.05, 3.63) is 34.9 Å². The highest BCUT2D eigenvalue weighted by Gasteiger charge is 2.21. The van der Waals surface area contributed by atoms with Gasteiger partial charge in [-0.1, -0.05) is 50.6 Å². The molecule has 0 saturated carbocycles. The first kappa shape index (κ1) is 28.4. The first-order valence-electron chi connectivity index (χ1n) is 11.3. The zero-order valence-electron chi connectivity index (χ0n) is 19.9. The van der Waals surface area contributed by atoms with Gasteiger partial charge >= 0.3 is 0 Å². The second-order valence-corrected chi connectivity index (χ2v) is 8.71. The van der Waals surface area contributed by atoms with E-state index in [2.05, 4.69) is 70.3 Å². The van der Waals surface area contributed by atoms with Crippen molar-refractivity contribution in [3.63, 3.8) is 0 Å². The van der Waals surface area contributed by atoms with Gasteiger partial charge in [0.25, 0.3) is 0 Å². The summed E-state index contributed by atoms with van der Waals surface area (Å²) >= 11 is 6.52. The zero-order chi connectivity index (χ0) is 21.9. The van der Waals surface area contributed by atoms with Gasteiger partial charge in [0, 0.05) is 57.9 Å². The van der Waals surface area contributed by atoms with Crippen LogP contribution in [0.4, 0.5) is 0 Å². The van der Waals surface area contributed by atoms with Crippen molar-refractivity contribution < 1.29 is 0 Å². The molecule has 1 heterocycles. The van der Waals surface area contributed by atoms with E-state index in [0.29, 0.717) is 5.92 Å². The molecule has 6 nitrogen and oxygen atoms in total. The number of halogens is 2. The van der Waals surface area contributed by atoms with Crippen LogP contribution in [0.15, 0.2) is 29.3 Å². The van der Waals surface area contributed by atoms with Crippen LogP contribution in [-0.4, -0.2) is 93.7 Å². The first-order valence-corrected chi connectivity index (χ1v) is 11.7. The molecule has 31 heavy (non-hydrogen) atoms. The van der Waals surface area contributed by atoms with E-state index in [9.17, 15) is 0 Å². The summed E-state index contributed by atoms with van der Waals surface area (Å²) in [6.07, 6.45) is 0. The predicted molar refractivity (Wildman–Crippen MR) is 145 cm³/mol. The van der Waals surface area contributed by atoms with Gasteiger partial charge in [-0.15, -0.1) is 24.0 Å². The van der Waals surface area contributed by atoms with Crippen molar-refractivity contribution in [3.8, 4) is 0 Å². The molecule has 1 aromatic rings. The highest BCUT2D eigenvalue weighted by Crippen LogP contribution is 2.26. The number of nitrogens with zero attached hydrogens (tertiary/aromatic N) is 4. The summed E-state index contributed by atoms with van der Waals surface area (Å²) in [6, 6.07) is 8.35. The maximum atomic E-state index is 6.52. The molecule has 1 saturated heterocycles. The summed E-state index contributed by atoms with van der Waals surface area (Å²) in [4.78, 5) is 11.8. The summed E-state index contributed by atoms with van der Waals surface area (Å²) in [5, 5.41) is 7.86. The van der Waals surface area contributed by atoms with Crippen molar-refractivity contribution in [2.75, 3.05) is 73.0 Å². The van der Waals surface area contributed by atoms with Gasteiger partial charge in [0.2, 0.25) is 0 Å². The molecule has 0 spiro atoms. The largest absolute Gasteiger partial charge is 0.356 e. The van der Waals surface area contributed by atoms with Crippen LogP contribution < -0.4 is 10.6 Å². The van der Waals surface area contributed by atoms with Gasteiger partial charge in [-0.3, -0.25) is 9.89 Å². The van der Waals surface area contributed by atoms with E-state index in [-0.39, 0.29) is 30.0 Å². The Morgan fingerprint density at radius 2 is 1.71 bits per heavy atom. The Morgan fingerprint density at radius 3 is 2.29 bits per heavy atom. The third-order valence-corrected chi connectivity index (χ3v) is 6.33. The molecule has 178 valence electrons. The van der Waals surface area contributed by atoms with E-state index in [4.69, 9.17) is 11.6 Å². The van der Waals surface area contributed by atoms with Crippen molar-refractivity contribution >= 4 is 41.5 Å². The number of benzene rings is 1.